The third-order valence-electron chi connectivity index (χ3n) is 3.15. The molecule has 0 heterocycles. The summed E-state index contributed by atoms with van der Waals surface area (Å²) >= 11 is 0. The van der Waals surface area contributed by atoms with Crippen LogP contribution in [0, 0.1) is 0 Å². The molecule has 3 heteroatoms. The van der Waals surface area contributed by atoms with E-state index in [1.54, 1.807) is 12.1 Å². The maximum Gasteiger partial charge on any atom is 0.189 e. The molecule has 1 aromatic rings. The highest BCUT2D eigenvalue weighted by molar-refractivity contribution is 6.07. The molecule has 2 N–H and O–H groups in total. The quantitative estimate of drug-likeness (QED) is 0.476. The Morgan fingerprint density at radius 3 is 2.24 bits per heavy atom. The monoisotopic (exact) mass is 286 g/mol. The van der Waals surface area contributed by atoms with E-state index < -0.39 is 0 Å². The summed E-state index contributed by atoms with van der Waals surface area (Å²) in [5.41, 5.74) is 1.75. The van der Waals surface area contributed by atoms with E-state index in [0.29, 0.717) is 5.56 Å². The maximum absolute atomic E-state index is 12.2. The van der Waals surface area contributed by atoms with E-state index in [-0.39, 0.29) is 28.8 Å². The van der Waals surface area contributed by atoms with Crippen LogP contribution < -0.4 is 0 Å². The molecule has 0 aliphatic rings. The fourth-order valence-corrected chi connectivity index (χ4v) is 1.96. The van der Waals surface area contributed by atoms with Gasteiger partial charge in [0.15, 0.2) is 5.78 Å². The van der Waals surface area contributed by atoms with Crippen molar-refractivity contribution in [3.63, 3.8) is 0 Å². The van der Waals surface area contributed by atoms with Gasteiger partial charge in [-0.25, -0.2) is 0 Å². The smallest absolute Gasteiger partial charge is 0.189 e. The van der Waals surface area contributed by atoms with Crippen LogP contribution in [-0.4, -0.2) is 16.0 Å². The van der Waals surface area contributed by atoms with Crippen LogP contribution in [0.25, 0.3) is 0 Å². The topological polar surface area (TPSA) is 57.5 Å². The van der Waals surface area contributed by atoms with Gasteiger partial charge in [0.2, 0.25) is 0 Å². The van der Waals surface area contributed by atoms with Gasteiger partial charge < -0.3 is 10.2 Å². The summed E-state index contributed by atoms with van der Waals surface area (Å²) in [4.78, 5) is 12.2. The van der Waals surface area contributed by atoms with E-state index in [1.165, 1.54) is 12.1 Å². The molecule has 0 aliphatic carbocycles. The Balaban J connectivity index is 3.13. The zero-order chi connectivity index (χ0) is 16.0. The molecule has 0 fully saturated rings. The van der Waals surface area contributed by atoms with Gasteiger partial charge in [-0.15, -0.1) is 0 Å². The Bertz CT molecular complexity index is 605. The highest BCUT2D eigenvalue weighted by Crippen LogP contribution is 2.32. The number of rotatable bonds is 5. The summed E-state index contributed by atoms with van der Waals surface area (Å²) in [6.07, 6.45) is 8.79. The Labute approximate surface area is 125 Å². The number of phenols is 2. The number of benzene rings is 1. The fourth-order valence-electron chi connectivity index (χ4n) is 1.96. The predicted octanol–water partition coefficient (Wildman–Crippen LogP) is 4.48. The first-order chi connectivity index (χ1) is 9.90. The lowest BCUT2D eigenvalue weighted by Crippen LogP contribution is -1.99. The summed E-state index contributed by atoms with van der Waals surface area (Å²) in [5, 5.41) is 19.6. The van der Waals surface area contributed by atoms with Crippen LogP contribution in [0.2, 0.25) is 0 Å². The van der Waals surface area contributed by atoms with Crippen molar-refractivity contribution in [1.82, 2.24) is 0 Å². The van der Waals surface area contributed by atoms with Gasteiger partial charge in [-0.1, -0.05) is 38.2 Å². The normalized spacial score (nSPS) is 12.7. The molecular formula is C18H22O3. The lowest BCUT2D eigenvalue weighted by atomic mass is 9.97. The van der Waals surface area contributed by atoms with Gasteiger partial charge in [0.1, 0.15) is 11.5 Å². The van der Waals surface area contributed by atoms with Crippen LogP contribution in [0.5, 0.6) is 11.5 Å². The van der Waals surface area contributed by atoms with Gasteiger partial charge >= 0.3 is 0 Å². The second kappa shape index (κ2) is 7.48. The minimum Gasteiger partial charge on any atom is -0.508 e. The maximum atomic E-state index is 12.2. The molecule has 3 nitrogen and oxygen atoms in total. The summed E-state index contributed by atoms with van der Waals surface area (Å²) in [5.74, 6) is -0.431. The van der Waals surface area contributed by atoms with Crippen LogP contribution in [0.15, 0.2) is 48.1 Å². The molecule has 0 atom stereocenters. The zero-order valence-corrected chi connectivity index (χ0v) is 12.9. The highest BCUT2D eigenvalue weighted by atomic mass is 16.3. The third-order valence-corrected chi connectivity index (χ3v) is 3.15. The van der Waals surface area contributed by atoms with Crippen LogP contribution in [0.4, 0.5) is 0 Å². The fraction of sp³-hybridized carbons (Fsp3) is 0.278. The number of aromatic hydroxyl groups is 2. The minimum atomic E-state index is -0.293. The largest absolute Gasteiger partial charge is 0.508 e. The SMILES string of the molecule is C\C=C/C(/C=C/C(=O)c1cc(C(C)C)c(O)cc1O)=C\C. The van der Waals surface area contributed by atoms with Crippen LogP contribution >= 0.6 is 0 Å². The van der Waals surface area contributed by atoms with Gasteiger partial charge in [0, 0.05) is 6.07 Å². The number of hydrogen-bond donors (Lipinski definition) is 2. The minimum absolute atomic E-state index is 0.00564. The second-order valence-electron chi connectivity index (χ2n) is 5.07. The van der Waals surface area contributed by atoms with E-state index in [4.69, 9.17) is 0 Å². The van der Waals surface area contributed by atoms with E-state index in [0.717, 1.165) is 5.57 Å². The average molecular weight is 286 g/mol. The molecule has 0 unspecified atom stereocenters. The lowest BCUT2D eigenvalue weighted by Gasteiger charge is -2.11. The van der Waals surface area contributed by atoms with Crippen molar-refractivity contribution in [2.45, 2.75) is 33.6 Å². The van der Waals surface area contributed by atoms with Crippen LogP contribution in [0.1, 0.15) is 49.5 Å². The van der Waals surface area contributed by atoms with Crippen LogP contribution in [0.3, 0.4) is 0 Å². The van der Waals surface area contributed by atoms with Crippen molar-refractivity contribution in [2.24, 2.45) is 0 Å². The molecule has 0 aromatic heterocycles. The van der Waals surface area contributed by atoms with Gasteiger partial charge in [-0.2, -0.15) is 0 Å². The van der Waals surface area contributed by atoms with Crippen molar-refractivity contribution in [3.8, 4) is 11.5 Å². The number of ketones is 1. The molecule has 0 bridgehead atoms. The first kappa shape index (κ1) is 16.8. The molecule has 0 amide bonds. The molecule has 0 saturated carbocycles. The standard InChI is InChI=1S/C18H22O3/c1-5-7-13(6-2)8-9-16(19)15-10-14(12(3)4)17(20)11-18(15)21/h5-12,20-21H,1-4H3/b7-5-,9-8+,13-6+. The summed E-state index contributed by atoms with van der Waals surface area (Å²) in [7, 11) is 0. The lowest BCUT2D eigenvalue weighted by molar-refractivity contribution is 0.104. The van der Waals surface area contributed by atoms with Gasteiger partial charge in [-0.05, 0) is 43.0 Å². The van der Waals surface area contributed by atoms with E-state index in [9.17, 15) is 15.0 Å². The van der Waals surface area contributed by atoms with Crippen molar-refractivity contribution in [2.75, 3.05) is 0 Å². The second-order valence-corrected chi connectivity index (χ2v) is 5.07. The highest BCUT2D eigenvalue weighted by Gasteiger charge is 2.15. The molecule has 0 spiro atoms. The molecule has 1 aromatic carbocycles. The number of allylic oxidation sites excluding steroid dienone is 6. The number of phenolic OH excluding ortho intramolecular Hbond substituents is 2. The van der Waals surface area contributed by atoms with Crippen molar-refractivity contribution in [1.29, 1.82) is 0 Å². The van der Waals surface area contributed by atoms with Gasteiger partial charge in [0.25, 0.3) is 0 Å². The zero-order valence-electron chi connectivity index (χ0n) is 12.9. The Morgan fingerprint density at radius 2 is 1.71 bits per heavy atom. The third kappa shape index (κ3) is 4.35. The first-order valence-corrected chi connectivity index (χ1v) is 6.98. The predicted molar refractivity (Wildman–Crippen MR) is 85.9 cm³/mol. The van der Waals surface area contributed by atoms with Crippen molar-refractivity contribution in [3.05, 3.63) is 59.2 Å². The van der Waals surface area contributed by atoms with Gasteiger partial charge in [0.05, 0.1) is 5.56 Å². The van der Waals surface area contributed by atoms with Gasteiger partial charge in [-0.3, -0.25) is 4.79 Å². The Hall–Kier alpha value is -2.29. The van der Waals surface area contributed by atoms with E-state index in [2.05, 4.69) is 0 Å². The molecular weight excluding hydrogens is 264 g/mol. The molecule has 0 aliphatic heterocycles. The van der Waals surface area contributed by atoms with Crippen molar-refractivity contribution >= 4 is 5.78 Å². The van der Waals surface area contributed by atoms with E-state index >= 15 is 0 Å². The molecule has 112 valence electrons. The summed E-state index contributed by atoms with van der Waals surface area (Å²) < 4.78 is 0. The van der Waals surface area contributed by atoms with Crippen LogP contribution in [-0.2, 0) is 0 Å². The molecule has 1 rings (SSSR count). The molecule has 21 heavy (non-hydrogen) atoms. The number of hydrogen-bond acceptors (Lipinski definition) is 3. The van der Waals surface area contributed by atoms with Crippen molar-refractivity contribution < 1.29 is 15.0 Å². The molecule has 0 saturated heterocycles. The summed E-state index contributed by atoms with van der Waals surface area (Å²) in [6.45, 7) is 7.62. The number of carbonyl (C=O) groups is 1. The average Bonchev–Trinajstić information content (AvgIpc) is 2.42. The summed E-state index contributed by atoms with van der Waals surface area (Å²) in [6, 6.07) is 2.77. The Kier molecular flexibility index (Phi) is 5.97. The molecule has 0 radical (unpaired) electrons. The number of carbonyl (C=O) groups excluding carboxylic acids is 1. The first-order valence-electron chi connectivity index (χ1n) is 6.98. The Morgan fingerprint density at radius 1 is 1.05 bits per heavy atom. The van der Waals surface area contributed by atoms with E-state index in [1.807, 2.05) is 45.9 Å².